The largest absolute Gasteiger partial charge is 0.492 e. The Kier molecular flexibility index (Phi) is 6.42. The van der Waals surface area contributed by atoms with Crippen LogP contribution in [0.25, 0.3) is 11.0 Å². The van der Waals surface area contributed by atoms with Gasteiger partial charge in [-0.25, -0.2) is 4.98 Å². The maximum atomic E-state index is 12.1. The van der Waals surface area contributed by atoms with Crippen molar-refractivity contribution in [2.45, 2.75) is 38.3 Å². The molecule has 2 aromatic carbocycles. The predicted molar refractivity (Wildman–Crippen MR) is 112 cm³/mol. The molecule has 0 spiro atoms. The Morgan fingerprint density at radius 1 is 1.17 bits per heavy atom. The van der Waals surface area contributed by atoms with Gasteiger partial charge in [-0.15, -0.1) is 0 Å². The topological polar surface area (TPSA) is 65.4 Å². The summed E-state index contributed by atoms with van der Waals surface area (Å²) in [6, 6.07) is 18.0. The quantitative estimate of drug-likeness (QED) is 0.566. The van der Waals surface area contributed by atoms with Crippen LogP contribution in [0.15, 0.2) is 54.6 Å². The summed E-state index contributed by atoms with van der Waals surface area (Å²) in [6.45, 7) is 2.62. The maximum Gasteiger partial charge on any atom is 0.249 e. The monoisotopic (exact) mass is 393 g/mol. The number of fused-ring (bicyclic) bond motifs is 1. The van der Waals surface area contributed by atoms with Crippen LogP contribution >= 0.6 is 0 Å². The molecular weight excluding hydrogens is 366 g/mol. The number of carbonyl (C=O) groups is 1. The summed E-state index contributed by atoms with van der Waals surface area (Å²) in [7, 11) is 0. The minimum absolute atomic E-state index is 0.00673. The number of amides is 1. The third kappa shape index (κ3) is 4.95. The molecule has 1 unspecified atom stereocenters. The number of para-hydroxylation sites is 3. The maximum absolute atomic E-state index is 12.1. The number of nitrogens with one attached hydrogen (secondary N) is 1. The lowest BCUT2D eigenvalue weighted by Gasteiger charge is -2.12. The normalized spacial score (nSPS) is 16.2. The van der Waals surface area contributed by atoms with Crippen molar-refractivity contribution in [2.75, 3.05) is 19.8 Å². The Bertz CT molecular complexity index is 933. The van der Waals surface area contributed by atoms with Gasteiger partial charge in [0.25, 0.3) is 0 Å². The number of nitrogens with zero attached hydrogens (tertiary/aromatic N) is 2. The molecule has 29 heavy (non-hydrogen) atoms. The molecule has 152 valence electrons. The molecular formula is C23H27N3O3. The van der Waals surface area contributed by atoms with Crippen LogP contribution in [0.4, 0.5) is 0 Å². The van der Waals surface area contributed by atoms with Gasteiger partial charge in [-0.2, -0.15) is 0 Å². The Morgan fingerprint density at radius 3 is 2.83 bits per heavy atom. The van der Waals surface area contributed by atoms with Crippen LogP contribution in [0.2, 0.25) is 0 Å². The van der Waals surface area contributed by atoms with Crippen molar-refractivity contribution in [3.8, 4) is 5.75 Å². The first-order valence-electron chi connectivity index (χ1n) is 10.3. The van der Waals surface area contributed by atoms with E-state index in [4.69, 9.17) is 14.5 Å². The summed E-state index contributed by atoms with van der Waals surface area (Å²) in [6.07, 6.45) is 3.15. The second-order valence-corrected chi connectivity index (χ2v) is 7.23. The van der Waals surface area contributed by atoms with E-state index in [1.807, 2.05) is 48.5 Å². The van der Waals surface area contributed by atoms with Gasteiger partial charge in [0, 0.05) is 19.6 Å². The molecule has 1 amide bonds. The zero-order valence-corrected chi connectivity index (χ0v) is 16.5. The molecule has 6 heteroatoms. The highest BCUT2D eigenvalue weighted by Crippen LogP contribution is 2.18. The van der Waals surface area contributed by atoms with E-state index in [0.717, 1.165) is 54.8 Å². The highest BCUT2D eigenvalue weighted by Gasteiger charge is 2.22. The van der Waals surface area contributed by atoms with Crippen LogP contribution in [0.3, 0.4) is 0 Å². The fourth-order valence-electron chi connectivity index (χ4n) is 3.69. The summed E-state index contributed by atoms with van der Waals surface area (Å²) in [4.78, 5) is 16.9. The fraction of sp³-hybridized carbons (Fsp3) is 0.391. The minimum atomic E-state index is -0.269. The van der Waals surface area contributed by atoms with E-state index in [-0.39, 0.29) is 12.0 Å². The molecule has 4 rings (SSSR count). The molecule has 1 aliphatic heterocycles. The van der Waals surface area contributed by atoms with Crippen molar-refractivity contribution in [2.24, 2.45) is 0 Å². The molecule has 0 radical (unpaired) electrons. The zero-order valence-electron chi connectivity index (χ0n) is 16.5. The molecule has 0 saturated carbocycles. The van der Waals surface area contributed by atoms with Crippen LogP contribution in [0, 0.1) is 0 Å². The highest BCUT2D eigenvalue weighted by atomic mass is 16.5. The van der Waals surface area contributed by atoms with Gasteiger partial charge in [-0.3, -0.25) is 4.79 Å². The fourth-order valence-corrected chi connectivity index (χ4v) is 3.69. The van der Waals surface area contributed by atoms with Gasteiger partial charge >= 0.3 is 0 Å². The number of rotatable bonds is 9. The molecule has 1 aromatic heterocycles. The van der Waals surface area contributed by atoms with Crippen LogP contribution in [0.1, 0.15) is 25.1 Å². The first-order chi connectivity index (χ1) is 14.3. The lowest BCUT2D eigenvalue weighted by molar-refractivity contribution is -0.130. The molecule has 2 heterocycles. The van der Waals surface area contributed by atoms with Crippen molar-refractivity contribution >= 4 is 16.9 Å². The highest BCUT2D eigenvalue weighted by molar-refractivity contribution is 5.80. The first-order valence-corrected chi connectivity index (χ1v) is 10.3. The number of aromatic nitrogens is 2. The van der Waals surface area contributed by atoms with E-state index in [0.29, 0.717) is 19.8 Å². The van der Waals surface area contributed by atoms with E-state index >= 15 is 0 Å². The molecule has 0 aliphatic carbocycles. The molecule has 1 aliphatic rings. The van der Waals surface area contributed by atoms with Crippen molar-refractivity contribution in [1.82, 2.24) is 14.9 Å². The second kappa shape index (κ2) is 9.56. The Balaban J connectivity index is 1.35. The number of ether oxygens (including phenoxy) is 2. The SMILES string of the molecule is O=C(NCCCc1nc2ccccc2n1CCOc1ccccc1)C1CCCO1. The Hall–Kier alpha value is -2.86. The number of carbonyl (C=O) groups excluding carboxylic acids is 1. The number of hydrogen-bond donors (Lipinski definition) is 1. The number of benzene rings is 2. The smallest absolute Gasteiger partial charge is 0.249 e. The van der Waals surface area contributed by atoms with Crippen molar-refractivity contribution < 1.29 is 14.3 Å². The average molecular weight is 393 g/mol. The molecule has 0 bridgehead atoms. The standard InChI is InChI=1S/C23H27N3O3/c27-23(21-12-7-16-29-21)24-14-6-13-22-25-19-10-4-5-11-20(19)26(22)15-17-28-18-8-2-1-3-9-18/h1-5,8-11,21H,6-7,12-17H2,(H,24,27). The van der Waals surface area contributed by atoms with Crippen molar-refractivity contribution in [3.63, 3.8) is 0 Å². The van der Waals surface area contributed by atoms with Crippen LogP contribution in [-0.2, 0) is 22.5 Å². The van der Waals surface area contributed by atoms with Gasteiger partial charge < -0.3 is 19.4 Å². The molecule has 1 N–H and O–H groups in total. The molecule has 1 atom stereocenters. The van der Waals surface area contributed by atoms with Crippen LogP contribution in [-0.4, -0.2) is 41.3 Å². The molecule has 6 nitrogen and oxygen atoms in total. The summed E-state index contributed by atoms with van der Waals surface area (Å²) < 4.78 is 13.5. The Morgan fingerprint density at radius 2 is 2.00 bits per heavy atom. The molecule has 1 saturated heterocycles. The third-order valence-corrected chi connectivity index (χ3v) is 5.16. The lowest BCUT2D eigenvalue weighted by Crippen LogP contribution is -2.34. The lowest BCUT2D eigenvalue weighted by atomic mass is 10.2. The number of imidazole rings is 1. The van der Waals surface area contributed by atoms with E-state index < -0.39 is 0 Å². The van der Waals surface area contributed by atoms with E-state index in [2.05, 4.69) is 16.0 Å². The van der Waals surface area contributed by atoms with E-state index in [1.54, 1.807) is 0 Å². The summed E-state index contributed by atoms with van der Waals surface area (Å²) in [5, 5.41) is 2.99. The van der Waals surface area contributed by atoms with Gasteiger partial charge in [0.05, 0.1) is 17.6 Å². The summed E-state index contributed by atoms with van der Waals surface area (Å²) in [5.41, 5.74) is 2.10. The average Bonchev–Trinajstić information content (AvgIpc) is 3.41. The zero-order chi connectivity index (χ0) is 19.9. The Labute approximate surface area is 170 Å². The minimum Gasteiger partial charge on any atom is -0.492 e. The van der Waals surface area contributed by atoms with Crippen LogP contribution in [0.5, 0.6) is 5.75 Å². The second-order valence-electron chi connectivity index (χ2n) is 7.23. The van der Waals surface area contributed by atoms with Gasteiger partial charge in [-0.1, -0.05) is 30.3 Å². The molecule has 3 aromatic rings. The van der Waals surface area contributed by atoms with Crippen LogP contribution < -0.4 is 10.1 Å². The number of hydrogen-bond acceptors (Lipinski definition) is 4. The van der Waals surface area contributed by atoms with Gasteiger partial charge in [0.2, 0.25) is 5.91 Å². The van der Waals surface area contributed by atoms with Crippen molar-refractivity contribution in [1.29, 1.82) is 0 Å². The van der Waals surface area contributed by atoms with Gasteiger partial charge in [-0.05, 0) is 43.5 Å². The van der Waals surface area contributed by atoms with E-state index in [9.17, 15) is 4.79 Å². The molecule has 1 fully saturated rings. The first kappa shape index (κ1) is 19.5. The predicted octanol–water partition coefficient (Wildman–Crippen LogP) is 3.34. The summed E-state index contributed by atoms with van der Waals surface area (Å²) >= 11 is 0. The third-order valence-electron chi connectivity index (χ3n) is 5.16. The van der Waals surface area contributed by atoms with E-state index in [1.165, 1.54) is 0 Å². The van der Waals surface area contributed by atoms with Gasteiger partial charge in [0.1, 0.15) is 24.3 Å². The van der Waals surface area contributed by atoms with Crippen molar-refractivity contribution in [3.05, 3.63) is 60.4 Å². The number of aryl methyl sites for hydroxylation is 1. The summed E-state index contributed by atoms with van der Waals surface area (Å²) in [5.74, 6) is 1.90. The van der Waals surface area contributed by atoms with Gasteiger partial charge in [0.15, 0.2) is 0 Å².